The van der Waals surface area contributed by atoms with Gasteiger partial charge in [0.2, 0.25) is 0 Å². The van der Waals surface area contributed by atoms with Crippen molar-refractivity contribution in [3.8, 4) is 0 Å². The van der Waals surface area contributed by atoms with Crippen LogP contribution in [0.25, 0.3) is 0 Å². The average molecular weight is 86.0 g/mol. The van der Waals surface area contributed by atoms with Crippen molar-refractivity contribution in [2.24, 2.45) is 0 Å². The Bertz CT molecular complexity index is 10.8. The third-order valence-electron chi connectivity index (χ3n) is 0.1000. The van der Waals surface area contributed by atoms with Crippen molar-refractivity contribution >= 4 is 0 Å². The molecule has 3 nitrogen and oxygen atoms in total. The van der Waals surface area contributed by atoms with Gasteiger partial charge >= 0.3 is 18.9 Å². The standard InChI is InChI=1S/C2H6O2.Li.H2O/c3-1-2-4;;/h3-4H,1-2H2;;1H2/q;+1;/p-1. The quantitative estimate of drug-likeness (QED) is 0.318. The zero-order chi connectivity index (χ0) is 3.41. The maximum atomic E-state index is 7.62. The summed E-state index contributed by atoms with van der Waals surface area (Å²) in [4.78, 5) is 0. The summed E-state index contributed by atoms with van der Waals surface area (Å²) in [6.07, 6.45) is 0. The van der Waals surface area contributed by atoms with E-state index in [2.05, 4.69) is 0 Å². The van der Waals surface area contributed by atoms with E-state index in [0.29, 0.717) is 0 Å². The molecule has 3 N–H and O–H groups in total. The van der Waals surface area contributed by atoms with Gasteiger partial charge in [-0.1, -0.05) is 0 Å². The molecule has 4 heteroatoms. The second kappa shape index (κ2) is 17.9. The molecular weight excluding hydrogens is 79.0 g/mol. The van der Waals surface area contributed by atoms with Crippen LogP contribution in [0, 0.1) is 0 Å². The predicted molar refractivity (Wildman–Crippen MR) is 16.1 cm³/mol. The molecule has 0 rings (SSSR count). The van der Waals surface area contributed by atoms with Crippen LogP contribution in [-0.4, -0.2) is 28.9 Å². The first kappa shape index (κ1) is 16.1. The van der Waals surface area contributed by atoms with Crippen molar-refractivity contribution in [2.75, 3.05) is 13.2 Å². The van der Waals surface area contributed by atoms with Crippen LogP contribution in [0.5, 0.6) is 0 Å². The molecule has 0 saturated carbocycles. The maximum absolute atomic E-state index is 7.62. The number of hydrogen-bond donors (Lipinski definition) is 2. The summed E-state index contributed by atoms with van der Waals surface area (Å²) < 4.78 is 0. The molecule has 0 atom stereocenters. The summed E-state index contributed by atoms with van der Waals surface area (Å²) in [5, 5.41) is 15.2. The molecule has 0 aliphatic heterocycles. The Morgan fingerprint density at radius 3 is 1.17 bits per heavy atom. The van der Waals surface area contributed by atoms with Crippen LogP contribution >= 0.6 is 0 Å². The molecule has 0 aromatic carbocycles. The summed E-state index contributed by atoms with van der Waals surface area (Å²) in [7, 11) is 0. The minimum absolute atomic E-state index is 0. The Morgan fingerprint density at radius 2 is 1.17 bits per heavy atom. The van der Waals surface area contributed by atoms with Crippen LogP contribution in [0.15, 0.2) is 0 Å². The second-order valence-electron chi connectivity index (χ2n) is 0.447. The molecule has 0 heterocycles. The van der Waals surface area contributed by atoms with Gasteiger partial charge in [-0.25, -0.2) is 0 Å². The molecule has 6 heavy (non-hydrogen) atoms. The number of hydrogen-bond acceptors (Lipinski definition) is 3. The van der Waals surface area contributed by atoms with E-state index in [1.54, 1.807) is 0 Å². The smallest absolute Gasteiger partial charge is 0.870 e. The van der Waals surface area contributed by atoms with Crippen LogP contribution < -0.4 is 18.9 Å². The van der Waals surface area contributed by atoms with Crippen LogP contribution in [0.1, 0.15) is 0 Å². The van der Waals surface area contributed by atoms with Gasteiger partial charge in [-0.05, 0) is 0 Å². The first-order chi connectivity index (χ1) is 1.91. The van der Waals surface area contributed by atoms with Crippen LogP contribution in [0.3, 0.4) is 0 Å². The number of aliphatic hydroxyl groups excluding tert-OH is 2. The molecular formula is C2H7LiO3. The first-order valence-electron chi connectivity index (χ1n) is 1.13. The van der Waals surface area contributed by atoms with Gasteiger partial charge in [0.05, 0.1) is 13.2 Å². The third kappa shape index (κ3) is 24.8. The molecule has 0 saturated heterocycles. The van der Waals surface area contributed by atoms with Crippen molar-refractivity contribution in [2.45, 2.75) is 0 Å². The number of rotatable bonds is 1. The Labute approximate surface area is 48.5 Å². The van der Waals surface area contributed by atoms with E-state index in [9.17, 15) is 0 Å². The number of aliphatic hydroxyl groups is 2. The molecule has 0 aromatic rings. The Hall–Kier alpha value is 0.477. The molecule has 0 aromatic heterocycles. The van der Waals surface area contributed by atoms with Gasteiger partial charge in [0.25, 0.3) is 0 Å². The van der Waals surface area contributed by atoms with Crippen molar-refractivity contribution in [1.82, 2.24) is 0 Å². The molecule has 0 aliphatic rings. The fourth-order valence-corrected chi connectivity index (χ4v) is 0. The SMILES string of the molecule is OCCO.[Li+].[OH-]. The van der Waals surface area contributed by atoms with Gasteiger partial charge in [-0.2, -0.15) is 0 Å². The monoisotopic (exact) mass is 86.1 g/mol. The summed E-state index contributed by atoms with van der Waals surface area (Å²) in [5.74, 6) is 0. The van der Waals surface area contributed by atoms with Crippen molar-refractivity contribution < 1.29 is 34.5 Å². The second-order valence-corrected chi connectivity index (χ2v) is 0.447. The van der Waals surface area contributed by atoms with Gasteiger partial charge in [0.1, 0.15) is 0 Å². The van der Waals surface area contributed by atoms with E-state index in [-0.39, 0.29) is 37.6 Å². The van der Waals surface area contributed by atoms with Gasteiger partial charge < -0.3 is 15.7 Å². The van der Waals surface area contributed by atoms with Crippen molar-refractivity contribution in [1.29, 1.82) is 0 Å². The van der Waals surface area contributed by atoms with E-state index in [0.717, 1.165) is 0 Å². The van der Waals surface area contributed by atoms with Gasteiger partial charge in [0.15, 0.2) is 0 Å². The Kier molecular flexibility index (Phi) is 47.9. The fourth-order valence-electron chi connectivity index (χ4n) is 0. The Balaban J connectivity index is -0.0000000450. The van der Waals surface area contributed by atoms with E-state index < -0.39 is 0 Å². The summed E-state index contributed by atoms with van der Waals surface area (Å²) in [6.45, 7) is -0.250. The van der Waals surface area contributed by atoms with Gasteiger partial charge in [-0.3, -0.25) is 0 Å². The summed E-state index contributed by atoms with van der Waals surface area (Å²) in [5.41, 5.74) is 0. The normalized spacial score (nSPS) is 5.00. The molecule has 0 unspecified atom stereocenters. The largest absolute Gasteiger partial charge is 1.00 e. The topological polar surface area (TPSA) is 70.5 Å². The Morgan fingerprint density at radius 1 is 1.00 bits per heavy atom. The zero-order valence-electron chi connectivity index (χ0n) is 3.76. The minimum Gasteiger partial charge on any atom is -0.870 e. The van der Waals surface area contributed by atoms with E-state index in [1.807, 2.05) is 0 Å². The van der Waals surface area contributed by atoms with Gasteiger partial charge in [0, 0.05) is 0 Å². The van der Waals surface area contributed by atoms with Crippen LogP contribution in [-0.2, 0) is 0 Å². The molecule has 0 bridgehead atoms. The predicted octanol–water partition coefficient (Wildman–Crippen LogP) is -4.20. The zero-order valence-corrected chi connectivity index (χ0v) is 3.76. The minimum atomic E-state index is -0.125. The van der Waals surface area contributed by atoms with E-state index in [4.69, 9.17) is 10.2 Å². The van der Waals surface area contributed by atoms with Crippen LogP contribution in [0.4, 0.5) is 0 Å². The molecule has 0 fully saturated rings. The van der Waals surface area contributed by atoms with Crippen LogP contribution in [0.2, 0.25) is 0 Å². The van der Waals surface area contributed by atoms with Gasteiger partial charge in [-0.15, -0.1) is 0 Å². The van der Waals surface area contributed by atoms with E-state index in [1.165, 1.54) is 0 Å². The third-order valence-corrected chi connectivity index (χ3v) is 0.1000. The van der Waals surface area contributed by atoms with Crippen molar-refractivity contribution in [3.05, 3.63) is 0 Å². The maximum Gasteiger partial charge on any atom is 1.00 e. The van der Waals surface area contributed by atoms with Crippen molar-refractivity contribution in [3.63, 3.8) is 0 Å². The summed E-state index contributed by atoms with van der Waals surface area (Å²) in [6, 6.07) is 0. The average Bonchev–Trinajstić information content (AvgIpc) is 1.37. The molecule has 34 valence electrons. The molecule has 0 amide bonds. The molecule has 0 spiro atoms. The van der Waals surface area contributed by atoms with E-state index >= 15 is 0 Å². The summed E-state index contributed by atoms with van der Waals surface area (Å²) >= 11 is 0. The molecule has 0 aliphatic carbocycles. The first-order valence-corrected chi connectivity index (χ1v) is 1.13. The fraction of sp³-hybridized carbons (Fsp3) is 1.00. The molecule has 0 radical (unpaired) electrons.